The fourth-order valence-corrected chi connectivity index (χ4v) is 1.40. The van der Waals surface area contributed by atoms with E-state index in [1.807, 2.05) is 26.0 Å². The number of phenols is 1. The average molecular weight is 193 g/mol. The van der Waals surface area contributed by atoms with Gasteiger partial charge in [0, 0.05) is 0 Å². The number of amides is 1. The molecule has 0 atom stereocenters. The van der Waals surface area contributed by atoms with Gasteiger partial charge in [-0.1, -0.05) is 26.0 Å². The molecule has 1 aromatic carbocycles. The molecule has 0 aliphatic heterocycles. The van der Waals surface area contributed by atoms with Crippen molar-refractivity contribution in [2.24, 2.45) is 0 Å². The van der Waals surface area contributed by atoms with Gasteiger partial charge in [0.1, 0.15) is 5.75 Å². The Bertz CT molecular complexity index is 345. The van der Waals surface area contributed by atoms with Crippen LogP contribution in [0.2, 0.25) is 0 Å². The van der Waals surface area contributed by atoms with Crippen LogP contribution < -0.4 is 5.32 Å². The van der Waals surface area contributed by atoms with E-state index in [0.29, 0.717) is 12.1 Å². The van der Waals surface area contributed by atoms with E-state index in [2.05, 4.69) is 5.32 Å². The zero-order valence-corrected chi connectivity index (χ0v) is 8.66. The number of nitrogens with one attached hydrogen (secondary N) is 1. The fraction of sp³-hybridized carbons (Fsp3) is 0.364. The number of aromatic hydroxyl groups is 1. The van der Waals surface area contributed by atoms with Crippen LogP contribution >= 0.6 is 0 Å². The van der Waals surface area contributed by atoms with Gasteiger partial charge < -0.3 is 10.4 Å². The Kier molecular flexibility index (Phi) is 3.12. The van der Waals surface area contributed by atoms with Crippen LogP contribution in [-0.4, -0.2) is 11.5 Å². The third-order valence-electron chi connectivity index (χ3n) is 2.24. The zero-order chi connectivity index (χ0) is 10.7. The Balaban J connectivity index is 3.29. The fourth-order valence-electron chi connectivity index (χ4n) is 1.40. The molecule has 0 spiro atoms. The van der Waals surface area contributed by atoms with Crippen molar-refractivity contribution in [2.75, 3.05) is 5.32 Å². The number of carbonyl (C=O) groups is 1. The molecule has 1 rings (SSSR count). The van der Waals surface area contributed by atoms with Gasteiger partial charge in [-0.3, -0.25) is 4.79 Å². The molecular weight excluding hydrogens is 178 g/mol. The van der Waals surface area contributed by atoms with E-state index in [4.69, 9.17) is 0 Å². The number of phenolic OH excluding ortho intramolecular Hbond substituents is 1. The second-order valence-electron chi connectivity index (χ2n) is 3.61. The van der Waals surface area contributed by atoms with Crippen molar-refractivity contribution < 1.29 is 9.90 Å². The summed E-state index contributed by atoms with van der Waals surface area (Å²) in [6.07, 6.45) is 0.584. The number of anilines is 1. The van der Waals surface area contributed by atoms with Crippen LogP contribution in [0.3, 0.4) is 0 Å². The Labute approximate surface area is 83.8 Å². The highest BCUT2D eigenvalue weighted by Crippen LogP contribution is 2.34. The Hall–Kier alpha value is -1.51. The molecule has 1 aromatic rings. The van der Waals surface area contributed by atoms with Crippen LogP contribution in [0.15, 0.2) is 12.1 Å². The van der Waals surface area contributed by atoms with Gasteiger partial charge >= 0.3 is 0 Å². The maximum Gasteiger partial charge on any atom is 0.211 e. The lowest BCUT2D eigenvalue weighted by Gasteiger charge is -2.14. The smallest absolute Gasteiger partial charge is 0.211 e. The summed E-state index contributed by atoms with van der Waals surface area (Å²) < 4.78 is 0. The number of hydrogen-bond donors (Lipinski definition) is 2. The Morgan fingerprint density at radius 3 is 2.57 bits per heavy atom. The second-order valence-corrected chi connectivity index (χ2v) is 3.61. The molecule has 0 aliphatic carbocycles. The molecule has 3 heteroatoms. The maximum atomic E-state index is 10.4. The summed E-state index contributed by atoms with van der Waals surface area (Å²) in [7, 11) is 0. The van der Waals surface area contributed by atoms with E-state index < -0.39 is 0 Å². The van der Waals surface area contributed by atoms with Crippen LogP contribution in [0.5, 0.6) is 5.75 Å². The van der Waals surface area contributed by atoms with Gasteiger partial charge in [0.05, 0.1) is 5.69 Å². The first-order chi connectivity index (χ1) is 6.57. The predicted molar refractivity (Wildman–Crippen MR) is 56.6 cm³/mol. The molecule has 0 unspecified atom stereocenters. The lowest BCUT2D eigenvalue weighted by Crippen LogP contribution is -2.01. The Morgan fingerprint density at radius 2 is 2.07 bits per heavy atom. The van der Waals surface area contributed by atoms with Crippen LogP contribution in [0.25, 0.3) is 0 Å². The minimum absolute atomic E-state index is 0.156. The molecule has 0 heterocycles. The van der Waals surface area contributed by atoms with E-state index in [0.717, 1.165) is 11.1 Å². The molecule has 3 nitrogen and oxygen atoms in total. The summed E-state index contributed by atoms with van der Waals surface area (Å²) in [6.45, 7) is 5.83. The SMILES string of the molecule is Cc1ccc(C(C)C)c(NC=O)c1O. The highest BCUT2D eigenvalue weighted by molar-refractivity contribution is 5.79. The van der Waals surface area contributed by atoms with Crippen LogP contribution in [-0.2, 0) is 4.79 Å². The van der Waals surface area contributed by atoms with Crippen molar-refractivity contribution in [1.29, 1.82) is 0 Å². The molecule has 0 aliphatic rings. The monoisotopic (exact) mass is 193 g/mol. The second kappa shape index (κ2) is 4.13. The number of benzene rings is 1. The topological polar surface area (TPSA) is 49.3 Å². The van der Waals surface area contributed by atoms with Crippen molar-refractivity contribution in [1.82, 2.24) is 0 Å². The first-order valence-corrected chi connectivity index (χ1v) is 4.60. The molecule has 0 bridgehead atoms. The standard InChI is InChI=1S/C11H15NO2/c1-7(2)9-5-4-8(3)11(14)10(9)12-6-13/h4-7,14H,1-3H3,(H,12,13). The van der Waals surface area contributed by atoms with Gasteiger partial charge in [0.25, 0.3) is 0 Å². The average Bonchev–Trinajstić information content (AvgIpc) is 2.13. The summed E-state index contributed by atoms with van der Waals surface area (Å²) >= 11 is 0. The van der Waals surface area contributed by atoms with Gasteiger partial charge in [-0.15, -0.1) is 0 Å². The lowest BCUT2D eigenvalue weighted by atomic mass is 9.98. The zero-order valence-electron chi connectivity index (χ0n) is 8.66. The van der Waals surface area contributed by atoms with E-state index in [1.54, 1.807) is 6.92 Å². The van der Waals surface area contributed by atoms with Crippen LogP contribution in [0, 0.1) is 6.92 Å². The normalized spacial score (nSPS) is 10.3. The summed E-state index contributed by atoms with van der Waals surface area (Å²) in [6, 6.07) is 3.77. The summed E-state index contributed by atoms with van der Waals surface area (Å²) in [5.41, 5.74) is 2.23. The minimum Gasteiger partial charge on any atom is -0.505 e. The molecule has 76 valence electrons. The highest BCUT2D eigenvalue weighted by Gasteiger charge is 2.12. The van der Waals surface area contributed by atoms with Crippen molar-refractivity contribution in [3.8, 4) is 5.75 Å². The molecular formula is C11H15NO2. The van der Waals surface area contributed by atoms with Crippen molar-refractivity contribution >= 4 is 12.1 Å². The largest absolute Gasteiger partial charge is 0.505 e. The molecule has 2 N–H and O–H groups in total. The van der Waals surface area contributed by atoms with E-state index in [9.17, 15) is 9.90 Å². The third kappa shape index (κ3) is 1.87. The van der Waals surface area contributed by atoms with Gasteiger partial charge in [0.15, 0.2) is 0 Å². The van der Waals surface area contributed by atoms with Crippen LogP contribution in [0.4, 0.5) is 5.69 Å². The lowest BCUT2D eigenvalue weighted by molar-refractivity contribution is -0.105. The number of rotatable bonds is 3. The van der Waals surface area contributed by atoms with E-state index in [1.165, 1.54) is 0 Å². The molecule has 0 fully saturated rings. The number of hydrogen-bond acceptors (Lipinski definition) is 2. The molecule has 0 aromatic heterocycles. The van der Waals surface area contributed by atoms with Crippen molar-refractivity contribution in [3.05, 3.63) is 23.3 Å². The predicted octanol–water partition coefficient (Wildman–Crippen LogP) is 2.39. The van der Waals surface area contributed by atoms with Gasteiger partial charge in [-0.2, -0.15) is 0 Å². The van der Waals surface area contributed by atoms with E-state index >= 15 is 0 Å². The molecule has 1 amide bonds. The molecule has 0 radical (unpaired) electrons. The van der Waals surface area contributed by atoms with Crippen molar-refractivity contribution in [2.45, 2.75) is 26.7 Å². The summed E-state index contributed by atoms with van der Waals surface area (Å²) in [4.78, 5) is 10.4. The highest BCUT2D eigenvalue weighted by atomic mass is 16.3. The first-order valence-electron chi connectivity index (χ1n) is 4.60. The van der Waals surface area contributed by atoms with E-state index in [-0.39, 0.29) is 11.7 Å². The summed E-state index contributed by atoms with van der Waals surface area (Å²) in [5.74, 6) is 0.423. The molecule has 14 heavy (non-hydrogen) atoms. The quantitative estimate of drug-likeness (QED) is 0.572. The minimum atomic E-state index is 0.156. The molecule has 0 saturated carbocycles. The number of carbonyl (C=O) groups excluding carboxylic acids is 1. The Morgan fingerprint density at radius 1 is 1.43 bits per heavy atom. The van der Waals surface area contributed by atoms with Gasteiger partial charge in [-0.05, 0) is 24.0 Å². The van der Waals surface area contributed by atoms with Gasteiger partial charge in [-0.25, -0.2) is 0 Å². The third-order valence-corrected chi connectivity index (χ3v) is 2.24. The maximum absolute atomic E-state index is 10.4. The van der Waals surface area contributed by atoms with Crippen LogP contribution in [0.1, 0.15) is 30.9 Å². The van der Waals surface area contributed by atoms with Crippen molar-refractivity contribution in [3.63, 3.8) is 0 Å². The number of aryl methyl sites for hydroxylation is 1. The summed E-state index contributed by atoms with van der Waals surface area (Å²) in [5, 5.41) is 12.3. The van der Waals surface area contributed by atoms with Gasteiger partial charge in [0.2, 0.25) is 6.41 Å². The first kappa shape index (κ1) is 10.6. The molecule has 0 saturated heterocycles.